The maximum atomic E-state index is 13.6. The van der Waals surface area contributed by atoms with E-state index in [1.807, 2.05) is 0 Å². The first kappa shape index (κ1) is 26.5. The summed E-state index contributed by atoms with van der Waals surface area (Å²) in [6, 6.07) is 8.99. The molecule has 1 atom stereocenters. The quantitative estimate of drug-likeness (QED) is 0.542. The van der Waals surface area contributed by atoms with Crippen LogP contribution in [0.1, 0.15) is 34.1 Å². The van der Waals surface area contributed by atoms with Crippen LogP contribution in [0.2, 0.25) is 0 Å². The molecule has 11 nitrogen and oxygen atoms in total. The van der Waals surface area contributed by atoms with Gasteiger partial charge in [0.2, 0.25) is 31.9 Å². The number of imide groups is 1. The van der Waals surface area contributed by atoms with Crippen molar-refractivity contribution in [2.45, 2.75) is 55.5 Å². The number of carbonyl (C=O) groups excluding carboxylic acids is 3. The van der Waals surface area contributed by atoms with Gasteiger partial charge in [-0.3, -0.25) is 14.4 Å². The summed E-state index contributed by atoms with van der Waals surface area (Å²) in [6.45, 7) is 6.15. The molecule has 0 spiro atoms. The van der Waals surface area contributed by atoms with Crippen molar-refractivity contribution < 1.29 is 31.2 Å². The van der Waals surface area contributed by atoms with E-state index in [0.717, 1.165) is 21.3 Å². The van der Waals surface area contributed by atoms with Crippen LogP contribution in [0.25, 0.3) is 0 Å². The SMILES string of the molecule is CC(=O)Nc1ccc(S(=O)(=O)N(C2CC(=O)N(c3ccc(S(N)(=O)=O)cc3)C2=O)C(C)(C)C)cc1. The van der Waals surface area contributed by atoms with E-state index < -0.39 is 49.9 Å². The van der Waals surface area contributed by atoms with Crippen molar-refractivity contribution in [2.75, 3.05) is 10.2 Å². The average molecular weight is 523 g/mol. The van der Waals surface area contributed by atoms with Crippen LogP contribution in [-0.4, -0.2) is 50.4 Å². The van der Waals surface area contributed by atoms with Crippen LogP contribution in [0.5, 0.6) is 0 Å². The smallest absolute Gasteiger partial charge is 0.252 e. The highest BCUT2D eigenvalue weighted by Gasteiger charge is 2.50. The van der Waals surface area contributed by atoms with Crippen LogP contribution in [0.15, 0.2) is 58.3 Å². The van der Waals surface area contributed by atoms with E-state index in [4.69, 9.17) is 5.14 Å². The maximum absolute atomic E-state index is 13.6. The molecule has 3 rings (SSSR count). The number of nitrogens with zero attached hydrogens (tertiary/aromatic N) is 2. The first-order valence-electron chi connectivity index (χ1n) is 10.5. The zero-order valence-corrected chi connectivity index (χ0v) is 21.2. The molecule has 1 fully saturated rings. The third-order valence-electron chi connectivity index (χ3n) is 5.22. The summed E-state index contributed by atoms with van der Waals surface area (Å²) in [5.41, 5.74) is -0.579. The van der Waals surface area contributed by atoms with Gasteiger partial charge in [-0.15, -0.1) is 0 Å². The van der Waals surface area contributed by atoms with E-state index in [9.17, 15) is 31.2 Å². The molecule has 1 saturated heterocycles. The number of carbonyl (C=O) groups is 3. The summed E-state index contributed by atoms with van der Waals surface area (Å²) in [4.78, 5) is 37.9. The molecular weight excluding hydrogens is 496 g/mol. The highest BCUT2D eigenvalue weighted by Crippen LogP contribution is 2.34. The number of nitrogens with one attached hydrogen (secondary N) is 1. The highest BCUT2D eigenvalue weighted by atomic mass is 32.2. The second-order valence-corrected chi connectivity index (χ2v) is 12.4. The van der Waals surface area contributed by atoms with Crippen LogP contribution in [0.4, 0.5) is 11.4 Å². The Kier molecular flexibility index (Phi) is 6.92. The van der Waals surface area contributed by atoms with Gasteiger partial charge < -0.3 is 5.32 Å². The molecule has 2 aromatic rings. The molecule has 1 heterocycles. The van der Waals surface area contributed by atoms with Crippen LogP contribution in [0.3, 0.4) is 0 Å². The topological polar surface area (TPSA) is 164 Å². The Hall–Kier alpha value is -3.13. The first-order valence-corrected chi connectivity index (χ1v) is 13.4. The number of hydrogen-bond donors (Lipinski definition) is 2. The zero-order chi connectivity index (χ0) is 26.3. The zero-order valence-electron chi connectivity index (χ0n) is 19.5. The minimum atomic E-state index is -4.25. The van der Waals surface area contributed by atoms with Gasteiger partial charge in [-0.2, -0.15) is 4.31 Å². The Balaban J connectivity index is 1.99. The number of rotatable bonds is 6. The van der Waals surface area contributed by atoms with Gasteiger partial charge >= 0.3 is 0 Å². The Morgan fingerprint density at radius 3 is 1.94 bits per heavy atom. The van der Waals surface area contributed by atoms with Crippen LogP contribution >= 0.6 is 0 Å². The van der Waals surface area contributed by atoms with Crippen molar-refractivity contribution in [3.05, 3.63) is 48.5 Å². The van der Waals surface area contributed by atoms with E-state index >= 15 is 0 Å². The molecule has 0 bridgehead atoms. The van der Waals surface area contributed by atoms with Crippen molar-refractivity contribution >= 4 is 49.1 Å². The lowest BCUT2D eigenvalue weighted by atomic mass is 10.1. The summed E-state index contributed by atoms with van der Waals surface area (Å²) in [7, 11) is -8.22. The van der Waals surface area contributed by atoms with Crippen molar-refractivity contribution in [1.82, 2.24) is 4.31 Å². The number of nitrogens with two attached hydrogens (primary N) is 1. The van der Waals surface area contributed by atoms with Crippen molar-refractivity contribution in [2.24, 2.45) is 5.14 Å². The molecule has 3 N–H and O–H groups in total. The van der Waals surface area contributed by atoms with Gasteiger partial charge in [0, 0.05) is 18.2 Å². The standard InChI is InChI=1S/C22H26N4O7S2/c1-14(27)24-15-5-9-18(10-6-15)35(32,33)26(22(2,3)4)19-13-20(28)25(21(19)29)16-7-11-17(12-8-16)34(23,30)31/h5-12,19H,13H2,1-4H3,(H,24,27)(H2,23,30,31). The fourth-order valence-corrected chi connectivity index (χ4v) is 6.32. The third kappa shape index (κ3) is 5.42. The summed E-state index contributed by atoms with van der Waals surface area (Å²) >= 11 is 0. The lowest BCUT2D eigenvalue weighted by Gasteiger charge is -2.37. The van der Waals surface area contributed by atoms with Gasteiger partial charge in [-0.25, -0.2) is 26.9 Å². The van der Waals surface area contributed by atoms with E-state index in [0.29, 0.717) is 5.69 Å². The highest BCUT2D eigenvalue weighted by molar-refractivity contribution is 7.89. The molecular formula is C22H26N4O7S2. The van der Waals surface area contributed by atoms with Crippen molar-refractivity contribution in [3.63, 3.8) is 0 Å². The lowest BCUT2D eigenvalue weighted by molar-refractivity contribution is -0.122. The average Bonchev–Trinajstić information content (AvgIpc) is 2.99. The molecule has 0 saturated carbocycles. The summed E-state index contributed by atoms with van der Waals surface area (Å²) in [6.07, 6.45) is -0.393. The number of hydrogen-bond acceptors (Lipinski definition) is 7. The summed E-state index contributed by atoms with van der Waals surface area (Å²) in [5, 5.41) is 7.64. The van der Waals surface area contributed by atoms with E-state index in [1.54, 1.807) is 20.8 Å². The minimum absolute atomic E-state index is 0.0980. The lowest BCUT2D eigenvalue weighted by Crippen LogP contribution is -2.54. The van der Waals surface area contributed by atoms with Crippen molar-refractivity contribution in [3.8, 4) is 0 Å². The van der Waals surface area contributed by atoms with Gasteiger partial charge in [0.15, 0.2) is 0 Å². The monoisotopic (exact) mass is 522 g/mol. The van der Waals surface area contributed by atoms with E-state index in [1.165, 1.54) is 43.3 Å². The normalized spacial score (nSPS) is 17.2. The van der Waals surface area contributed by atoms with Gasteiger partial charge in [0.25, 0.3) is 5.91 Å². The predicted molar refractivity (Wildman–Crippen MR) is 128 cm³/mol. The minimum Gasteiger partial charge on any atom is -0.326 e. The molecule has 1 unspecified atom stereocenters. The van der Waals surface area contributed by atoms with Crippen LogP contribution in [0, 0.1) is 0 Å². The molecule has 0 aliphatic carbocycles. The van der Waals surface area contributed by atoms with Crippen LogP contribution in [-0.2, 0) is 34.4 Å². The largest absolute Gasteiger partial charge is 0.326 e. The van der Waals surface area contributed by atoms with E-state index in [2.05, 4.69) is 5.32 Å². The molecule has 35 heavy (non-hydrogen) atoms. The van der Waals surface area contributed by atoms with Gasteiger partial charge in [0.05, 0.1) is 21.9 Å². The van der Waals surface area contributed by atoms with E-state index in [-0.39, 0.29) is 21.4 Å². The second-order valence-electron chi connectivity index (χ2n) is 9.00. The molecule has 0 radical (unpaired) electrons. The number of anilines is 2. The molecule has 1 aliphatic heterocycles. The Labute approximate surface area is 204 Å². The summed E-state index contributed by atoms with van der Waals surface area (Å²) in [5.74, 6) is -1.70. The number of amides is 3. The maximum Gasteiger partial charge on any atom is 0.252 e. The fourth-order valence-electron chi connectivity index (χ4n) is 3.88. The van der Waals surface area contributed by atoms with Gasteiger partial charge in [0.1, 0.15) is 6.04 Å². The van der Waals surface area contributed by atoms with Gasteiger partial charge in [-0.05, 0) is 69.3 Å². The molecule has 13 heteroatoms. The number of benzene rings is 2. The number of sulfonamides is 2. The fraction of sp³-hybridized carbons (Fsp3) is 0.318. The van der Waals surface area contributed by atoms with Crippen molar-refractivity contribution in [1.29, 1.82) is 0 Å². The van der Waals surface area contributed by atoms with Crippen LogP contribution < -0.4 is 15.4 Å². The molecule has 1 aliphatic rings. The Morgan fingerprint density at radius 1 is 0.971 bits per heavy atom. The molecule has 188 valence electrons. The number of primary sulfonamides is 1. The first-order chi connectivity index (χ1) is 16.0. The third-order valence-corrected chi connectivity index (χ3v) is 8.34. The van der Waals surface area contributed by atoms with Gasteiger partial charge in [-0.1, -0.05) is 0 Å². The molecule has 3 amide bonds. The summed E-state index contributed by atoms with van der Waals surface area (Å²) < 4.78 is 51.3. The molecule has 0 aromatic heterocycles. The molecule has 2 aromatic carbocycles. The predicted octanol–water partition coefficient (Wildman–Crippen LogP) is 1.41. The second kappa shape index (κ2) is 9.15. The Bertz CT molecular complexity index is 1380. The Morgan fingerprint density at radius 2 is 1.49 bits per heavy atom.